The van der Waals surface area contributed by atoms with E-state index in [0.717, 1.165) is 37.6 Å². The molecule has 0 bridgehead atoms. The average Bonchev–Trinajstić information content (AvgIpc) is 2.38. The van der Waals surface area contributed by atoms with Gasteiger partial charge in [-0.2, -0.15) is 0 Å². The molecule has 2 rings (SSSR count). The lowest BCUT2D eigenvalue weighted by Crippen LogP contribution is -2.52. The van der Waals surface area contributed by atoms with Crippen molar-refractivity contribution < 1.29 is 0 Å². The number of hydrogen-bond acceptors (Lipinski definition) is 4. The molecule has 18 heavy (non-hydrogen) atoms. The number of aromatic nitrogens is 1. The van der Waals surface area contributed by atoms with E-state index in [1.165, 1.54) is 0 Å². The highest BCUT2D eigenvalue weighted by molar-refractivity contribution is 5.48. The molecule has 2 N–H and O–H groups in total. The van der Waals surface area contributed by atoms with E-state index in [-0.39, 0.29) is 6.04 Å². The van der Waals surface area contributed by atoms with Gasteiger partial charge in [-0.15, -0.1) is 0 Å². The van der Waals surface area contributed by atoms with Gasteiger partial charge >= 0.3 is 0 Å². The maximum atomic E-state index is 6.03. The Kier molecular flexibility index (Phi) is 4.19. The molecule has 0 aromatic carbocycles. The van der Waals surface area contributed by atoms with Crippen LogP contribution in [0.3, 0.4) is 0 Å². The van der Waals surface area contributed by atoms with E-state index in [1.54, 1.807) is 0 Å². The Bertz CT molecular complexity index is 391. The Morgan fingerprint density at radius 2 is 2.28 bits per heavy atom. The smallest absolute Gasteiger partial charge is 0.133 e. The van der Waals surface area contributed by atoms with Crippen molar-refractivity contribution in [2.75, 3.05) is 31.1 Å². The Morgan fingerprint density at radius 1 is 1.50 bits per heavy atom. The summed E-state index contributed by atoms with van der Waals surface area (Å²) in [7, 11) is 0. The second kappa shape index (κ2) is 5.67. The number of nitrogens with two attached hydrogens (primary N) is 1. The molecule has 100 valence electrons. The molecular weight excluding hydrogens is 224 g/mol. The van der Waals surface area contributed by atoms with Crippen molar-refractivity contribution in [3.05, 3.63) is 23.9 Å². The molecule has 2 atom stereocenters. The summed E-state index contributed by atoms with van der Waals surface area (Å²) in [4.78, 5) is 9.41. The first-order chi connectivity index (χ1) is 8.63. The zero-order valence-corrected chi connectivity index (χ0v) is 11.6. The van der Waals surface area contributed by atoms with Crippen LogP contribution in [0, 0.1) is 0 Å². The van der Waals surface area contributed by atoms with Crippen LogP contribution in [-0.4, -0.2) is 42.1 Å². The summed E-state index contributed by atoms with van der Waals surface area (Å²) in [5, 5.41) is 0. The van der Waals surface area contributed by atoms with Gasteiger partial charge in [0, 0.05) is 43.5 Å². The van der Waals surface area contributed by atoms with Crippen molar-refractivity contribution in [1.82, 2.24) is 9.88 Å². The molecular formula is C14H24N4. The predicted octanol–water partition coefficient (Wildman–Crippen LogP) is 1.63. The summed E-state index contributed by atoms with van der Waals surface area (Å²) in [6.45, 7) is 10.8. The third-order valence-corrected chi connectivity index (χ3v) is 3.78. The molecule has 4 nitrogen and oxygen atoms in total. The number of anilines is 1. The van der Waals surface area contributed by atoms with Crippen molar-refractivity contribution >= 4 is 5.82 Å². The maximum absolute atomic E-state index is 6.03. The van der Waals surface area contributed by atoms with Crippen molar-refractivity contribution in [1.29, 1.82) is 0 Å². The molecule has 0 amide bonds. The third kappa shape index (κ3) is 2.65. The molecule has 0 spiro atoms. The number of hydrogen-bond donors (Lipinski definition) is 1. The van der Waals surface area contributed by atoms with Gasteiger partial charge in [0.25, 0.3) is 0 Å². The lowest BCUT2D eigenvalue weighted by Gasteiger charge is -2.40. The van der Waals surface area contributed by atoms with Crippen LogP contribution in [0.4, 0.5) is 5.82 Å². The van der Waals surface area contributed by atoms with Gasteiger partial charge in [0.05, 0.1) is 0 Å². The summed E-state index contributed by atoms with van der Waals surface area (Å²) < 4.78 is 0. The lowest BCUT2D eigenvalue weighted by molar-refractivity contribution is 0.199. The van der Waals surface area contributed by atoms with Gasteiger partial charge in [0.2, 0.25) is 0 Å². The quantitative estimate of drug-likeness (QED) is 0.883. The zero-order chi connectivity index (χ0) is 13.1. The number of nitrogens with zero attached hydrogens (tertiary/aromatic N) is 3. The van der Waals surface area contributed by atoms with Crippen LogP contribution in [0.15, 0.2) is 18.3 Å². The monoisotopic (exact) mass is 248 g/mol. The topological polar surface area (TPSA) is 45.4 Å². The van der Waals surface area contributed by atoms with Crippen molar-refractivity contribution in [3.8, 4) is 0 Å². The highest BCUT2D eigenvalue weighted by Gasteiger charge is 2.24. The third-order valence-electron chi connectivity index (χ3n) is 3.78. The maximum Gasteiger partial charge on any atom is 0.133 e. The molecule has 0 aliphatic carbocycles. The summed E-state index contributed by atoms with van der Waals surface area (Å²) in [5.41, 5.74) is 7.18. The van der Waals surface area contributed by atoms with E-state index in [0.29, 0.717) is 6.04 Å². The van der Waals surface area contributed by atoms with Crippen LogP contribution in [0.5, 0.6) is 0 Å². The first-order valence-corrected chi connectivity index (χ1v) is 6.83. The first kappa shape index (κ1) is 13.3. The van der Waals surface area contributed by atoms with Crippen LogP contribution >= 0.6 is 0 Å². The molecule has 0 saturated carbocycles. The highest BCUT2D eigenvalue weighted by Crippen LogP contribution is 2.24. The van der Waals surface area contributed by atoms with Gasteiger partial charge in [0.15, 0.2) is 0 Å². The predicted molar refractivity (Wildman–Crippen MR) is 75.8 cm³/mol. The second-order valence-corrected chi connectivity index (χ2v) is 5.13. The molecule has 4 heteroatoms. The number of piperazine rings is 1. The standard InChI is InChI=1S/C14H24N4/c1-4-17-8-9-18(10-11(17)2)14-13(12(3)15)6-5-7-16-14/h5-7,11-12H,4,8-10,15H2,1-3H3/t11?,12-/m1/s1. The number of rotatable bonds is 3. The Balaban J connectivity index is 2.18. The van der Waals surface area contributed by atoms with Crippen molar-refractivity contribution in [2.24, 2.45) is 5.73 Å². The normalized spacial score (nSPS) is 23.1. The van der Waals surface area contributed by atoms with E-state index >= 15 is 0 Å². The van der Waals surface area contributed by atoms with Gasteiger partial charge in [-0.3, -0.25) is 4.90 Å². The van der Waals surface area contributed by atoms with E-state index in [2.05, 4.69) is 34.7 Å². The molecule has 1 unspecified atom stereocenters. The molecule has 2 heterocycles. The summed E-state index contributed by atoms with van der Waals surface area (Å²) >= 11 is 0. The fraction of sp³-hybridized carbons (Fsp3) is 0.643. The zero-order valence-electron chi connectivity index (χ0n) is 11.6. The Morgan fingerprint density at radius 3 is 2.89 bits per heavy atom. The Labute approximate surface area is 110 Å². The van der Waals surface area contributed by atoms with Gasteiger partial charge in [-0.1, -0.05) is 13.0 Å². The van der Waals surface area contributed by atoms with Crippen molar-refractivity contribution in [3.63, 3.8) is 0 Å². The summed E-state index contributed by atoms with van der Waals surface area (Å²) in [5.74, 6) is 1.06. The molecule has 1 aromatic rings. The summed E-state index contributed by atoms with van der Waals surface area (Å²) in [6, 6.07) is 4.66. The van der Waals surface area contributed by atoms with Crippen LogP contribution in [-0.2, 0) is 0 Å². The van der Waals surface area contributed by atoms with E-state index in [4.69, 9.17) is 5.73 Å². The van der Waals surface area contributed by atoms with E-state index in [9.17, 15) is 0 Å². The van der Waals surface area contributed by atoms with E-state index in [1.807, 2.05) is 19.2 Å². The molecule has 1 saturated heterocycles. The Hall–Kier alpha value is -1.13. The highest BCUT2D eigenvalue weighted by atomic mass is 15.3. The summed E-state index contributed by atoms with van der Waals surface area (Å²) in [6.07, 6.45) is 1.86. The van der Waals surface area contributed by atoms with Crippen LogP contribution in [0.25, 0.3) is 0 Å². The number of pyridine rings is 1. The lowest BCUT2D eigenvalue weighted by atomic mass is 10.1. The van der Waals surface area contributed by atoms with Crippen LogP contribution < -0.4 is 10.6 Å². The average molecular weight is 248 g/mol. The largest absolute Gasteiger partial charge is 0.354 e. The molecule has 1 aliphatic rings. The van der Waals surface area contributed by atoms with Gasteiger partial charge in [-0.05, 0) is 26.5 Å². The molecule has 1 fully saturated rings. The minimum atomic E-state index is 0.0354. The fourth-order valence-corrected chi connectivity index (χ4v) is 2.69. The van der Waals surface area contributed by atoms with E-state index < -0.39 is 0 Å². The van der Waals surface area contributed by atoms with Crippen molar-refractivity contribution in [2.45, 2.75) is 32.9 Å². The van der Waals surface area contributed by atoms with Crippen LogP contribution in [0.2, 0.25) is 0 Å². The van der Waals surface area contributed by atoms with Crippen LogP contribution in [0.1, 0.15) is 32.4 Å². The van der Waals surface area contributed by atoms with Gasteiger partial charge < -0.3 is 10.6 Å². The molecule has 0 radical (unpaired) electrons. The number of likely N-dealkylation sites (N-methyl/N-ethyl adjacent to an activating group) is 1. The molecule has 1 aliphatic heterocycles. The molecule has 1 aromatic heterocycles. The SMILES string of the molecule is CCN1CCN(c2ncccc2[C@@H](C)N)CC1C. The second-order valence-electron chi connectivity index (χ2n) is 5.13. The van der Waals surface area contributed by atoms with Gasteiger partial charge in [-0.25, -0.2) is 4.98 Å². The fourth-order valence-electron chi connectivity index (χ4n) is 2.69. The minimum Gasteiger partial charge on any atom is -0.354 e. The first-order valence-electron chi connectivity index (χ1n) is 6.83. The minimum absolute atomic E-state index is 0.0354. The van der Waals surface area contributed by atoms with Gasteiger partial charge in [0.1, 0.15) is 5.82 Å².